The minimum absolute atomic E-state index is 0.0648. The molecule has 0 aliphatic carbocycles. The van der Waals surface area contributed by atoms with Crippen molar-refractivity contribution in [1.82, 2.24) is 4.98 Å². The fourth-order valence-electron chi connectivity index (χ4n) is 2.01. The molecule has 0 spiro atoms. The normalized spacial score (nSPS) is 10.9. The van der Waals surface area contributed by atoms with Crippen molar-refractivity contribution in [2.45, 2.75) is 20.3 Å². The number of nitrogens with zero attached hydrogens (tertiary/aromatic N) is 1. The highest BCUT2D eigenvalue weighted by Gasteiger charge is 2.09. The second-order valence-corrected chi connectivity index (χ2v) is 7.08. The Balaban J connectivity index is 2.00. The minimum Gasteiger partial charge on any atom is -0.354 e. The Hall–Kier alpha value is -2.61. The minimum atomic E-state index is -3.34. The van der Waals surface area contributed by atoms with Crippen LogP contribution in [0.5, 0.6) is 0 Å². The van der Waals surface area contributed by atoms with Gasteiger partial charge in [-0.3, -0.25) is 9.52 Å². The van der Waals surface area contributed by atoms with E-state index in [-0.39, 0.29) is 17.5 Å². The molecule has 0 radical (unpaired) electrons. The summed E-state index contributed by atoms with van der Waals surface area (Å²) in [6.07, 6.45) is 2.09. The van der Waals surface area contributed by atoms with E-state index in [1.807, 2.05) is 12.1 Å². The molecule has 2 aromatic rings. The number of amides is 1. The van der Waals surface area contributed by atoms with Gasteiger partial charge in [0.25, 0.3) is 0 Å². The van der Waals surface area contributed by atoms with Gasteiger partial charge in [0.1, 0.15) is 5.82 Å². The van der Waals surface area contributed by atoms with Crippen molar-refractivity contribution in [2.24, 2.45) is 0 Å². The highest BCUT2D eigenvalue weighted by atomic mass is 32.2. The average molecular weight is 348 g/mol. The summed E-state index contributed by atoms with van der Waals surface area (Å²) in [7, 11) is -3.34. The molecule has 3 N–H and O–H groups in total. The molecular formula is C16H20N4O3S. The highest BCUT2D eigenvalue weighted by molar-refractivity contribution is 7.92. The largest absolute Gasteiger partial charge is 0.354 e. The summed E-state index contributed by atoms with van der Waals surface area (Å²) in [6.45, 7) is 3.25. The molecule has 8 heteroatoms. The Kier molecular flexibility index (Phi) is 5.75. The lowest BCUT2D eigenvalue weighted by Crippen LogP contribution is -2.16. The fraction of sp³-hybridized carbons (Fsp3) is 0.250. The van der Waals surface area contributed by atoms with Gasteiger partial charge in [-0.05, 0) is 42.8 Å². The number of hydrogen-bond donors (Lipinski definition) is 3. The van der Waals surface area contributed by atoms with E-state index in [1.54, 1.807) is 37.4 Å². The van der Waals surface area contributed by atoms with Crippen LogP contribution in [0.1, 0.15) is 20.3 Å². The van der Waals surface area contributed by atoms with Crippen LogP contribution in [0.15, 0.2) is 42.6 Å². The van der Waals surface area contributed by atoms with Gasteiger partial charge >= 0.3 is 0 Å². The smallest absolute Gasteiger partial charge is 0.233 e. The van der Waals surface area contributed by atoms with Crippen LogP contribution in [0, 0.1) is 0 Å². The predicted octanol–water partition coefficient (Wildman–Crippen LogP) is 2.94. The summed E-state index contributed by atoms with van der Waals surface area (Å²) >= 11 is 0. The number of benzene rings is 1. The van der Waals surface area contributed by atoms with Gasteiger partial charge < -0.3 is 10.6 Å². The molecule has 1 aromatic carbocycles. The number of carbonyl (C=O) groups is 1. The molecule has 24 heavy (non-hydrogen) atoms. The molecular weight excluding hydrogens is 328 g/mol. The summed E-state index contributed by atoms with van der Waals surface area (Å²) in [4.78, 5) is 15.1. The van der Waals surface area contributed by atoms with Gasteiger partial charge in [-0.1, -0.05) is 6.92 Å². The Labute approximate surface area is 141 Å². The van der Waals surface area contributed by atoms with Crippen molar-refractivity contribution >= 4 is 38.8 Å². The maximum absolute atomic E-state index is 11.7. The molecule has 128 valence electrons. The van der Waals surface area contributed by atoms with E-state index in [2.05, 4.69) is 20.3 Å². The first-order valence-corrected chi connectivity index (χ1v) is 9.14. The van der Waals surface area contributed by atoms with Gasteiger partial charge in [0, 0.05) is 18.3 Å². The van der Waals surface area contributed by atoms with E-state index in [0.717, 1.165) is 11.4 Å². The zero-order valence-electron chi connectivity index (χ0n) is 13.5. The van der Waals surface area contributed by atoms with Crippen LogP contribution < -0.4 is 15.4 Å². The molecule has 0 aliphatic heterocycles. The Morgan fingerprint density at radius 2 is 1.67 bits per heavy atom. The zero-order chi connectivity index (χ0) is 17.6. The third-order valence-corrected chi connectivity index (χ3v) is 4.46. The molecule has 7 nitrogen and oxygen atoms in total. The van der Waals surface area contributed by atoms with Gasteiger partial charge in [0.05, 0.1) is 17.6 Å². The molecule has 2 rings (SSSR count). The molecule has 0 saturated carbocycles. The molecule has 1 amide bonds. The lowest BCUT2D eigenvalue weighted by atomic mass is 10.2. The molecule has 0 atom stereocenters. The van der Waals surface area contributed by atoms with Gasteiger partial charge in [-0.15, -0.1) is 0 Å². The van der Waals surface area contributed by atoms with Gasteiger partial charge in [0.2, 0.25) is 15.9 Å². The number of sulfonamides is 1. The number of anilines is 4. The van der Waals surface area contributed by atoms with Gasteiger partial charge in [-0.2, -0.15) is 0 Å². The lowest BCUT2D eigenvalue weighted by Gasteiger charge is -2.09. The first-order valence-electron chi connectivity index (χ1n) is 7.49. The maximum Gasteiger partial charge on any atom is 0.233 e. The summed E-state index contributed by atoms with van der Waals surface area (Å²) < 4.78 is 25.8. The number of carbonyl (C=O) groups excluding carboxylic acids is 1. The second kappa shape index (κ2) is 7.78. The monoisotopic (exact) mass is 348 g/mol. The lowest BCUT2D eigenvalue weighted by molar-refractivity contribution is -0.114. The number of nitrogens with one attached hydrogen (secondary N) is 3. The quantitative estimate of drug-likeness (QED) is 0.714. The first-order chi connectivity index (χ1) is 11.4. The maximum atomic E-state index is 11.7. The van der Waals surface area contributed by atoms with Crippen molar-refractivity contribution in [3.63, 3.8) is 0 Å². The van der Waals surface area contributed by atoms with Gasteiger partial charge in [0.15, 0.2) is 0 Å². The van der Waals surface area contributed by atoms with E-state index in [0.29, 0.717) is 12.1 Å². The molecule has 0 aliphatic rings. The Morgan fingerprint density at radius 1 is 1.04 bits per heavy atom. The van der Waals surface area contributed by atoms with E-state index >= 15 is 0 Å². The topological polar surface area (TPSA) is 100 Å². The van der Waals surface area contributed by atoms with Crippen LogP contribution in [-0.2, 0) is 14.8 Å². The number of aromatic nitrogens is 1. The zero-order valence-corrected chi connectivity index (χ0v) is 14.4. The third-order valence-electron chi connectivity index (χ3n) is 2.99. The summed E-state index contributed by atoms with van der Waals surface area (Å²) in [5, 5.41) is 5.84. The first kappa shape index (κ1) is 17.7. The van der Waals surface area contributed by atoms with E-state index in [9.17, 15) is 13.2 Å². The van der Waals surface area contributed by atoms with Crippen LogP contribution >= 0.6 is 0 Å². The average Bonchev–Trinajstić information content (AvgIpc) is 2.50. The fourth-order valence-corrected chi connectivity index (χ4v) is 3.09. The van der Waals surface area contributed by atoms with Crippen LogP contribution in [0.25, 0.3) is 0 Å². The van der Waals surface area contributed by atoms with Crippen LogP contribution in [0.3, 0.4) is 0 Å². The second-order valence-electron chi connectivity index (χ2n) is 5.24. The standard InChI is InChI=1S/C16H20N4O3S/c1-3-10-24(22,23)20-16-9-8-15(11-17-16)19-14-6-4-13(5-7-14)18-12(2)21/h4-9,11,19H,3,10H2,1-2H3,(H,17,20)(H,18,21). The molecule has 1 heterocycles. The summed E-state index contributed by atoms with van der Waals surface area (Å²) in [5.74, 6) is 0.228. The van der Waals surface area contributed by atoms with E-state index in [4.69, 9.17) is 0 Å². The van der Waals surface area contributed by atoms with Crippen molar-refractivity contribution in [2.75, 3.05) is 21.1 Å². The predicted molar refractivity (Wildman–Crippen MR) is 96.0 cm³/mol. The Bertz CT molecular complexity index is 787. The summed E-state index contributed by atoms with van der Waals surface area (Å²) in [5.41, 5.74) is 2.26. The van der Waals surface area contributed by atoms with Crippen molar-refractivity contribution in [3.05, 3.63) is 42.6 Å². The highest BCUT2D eigenvalue weighted by Crippen LogP contribution is 2.19. The van der Waals surface area contributed by atoms with E-state index < -0.39 is 10.0 Å². The molecule has 0 saturated heterocycles. The van der Waals surface area contributed by atoms with Crippen molar-refractivity contribution in [1.29, 1.82) is 0 Å². The van der Waals surface area contributed by atoms with Crippen molar-refractivity contribution in [3.8, 4) is 0 Å². The molecule has 0 bridgehead atoms. The Morgan fingerprint density at radius 3 is 2.21 bits per heavy atom. The third kappa shape index (κ3) is 5.54. The number of pyridine rings is 1. The molecule has 1 aromatic heterocycles. The summed E-state index contributed by atoms with van der Waals surface area (Å²) in [6, 6.07) is 10.5. The van der Waals surface area contributed by atoms with Crippen LogP contribution in [0.4, 0.5) is 22.9 Å². The number of rotatable bonds is 7. The van der Waals surface area contributed by atoms with Crippen molar-refractivity contribution < 1.29 is 13.2 Å². The van der Waals surface area contributed by atoms with Crippen LogP contribution in [0.2, 0.25) is 0 Å². The van der Waals surface area contributed by atoms with E-state index in [1.165, 1.54) is 6.92 Å². The van der Waals surface area contributed by atoms with Crippen LogP contribution in [-0.4, -0.2) is 25.1 Å². The molecule has 0 fully saturated rings. The molecule has 0 unspecified atom stereocenters. The SMILES string of the molecule is CCCS(=O)(=O)Nc1ccc(Nc2ccc(NC(C)=O)cc2)cn1. The number of hydrogen-bond acceptors (Lipinski definition) is 5. The van der Waals surface area contributed by atoms with Gasteiger partial charge in [-0.25, -0.2) is 13.4 Å².